The number of para-hydroxylation sites is 1. The minimum atomic E-state index is 0.0953. The average Bonchev–Trinajstić information content (AvgIpc) is 3.18. The highest BCUT2D eigenvalue weighted by molar-refractivity contribution is 7.18. The van der Waals surface area contributed by atoms with Gasteiger partial charge in [-0.1, -0.05) is 48.5 Å². The van der Waals surface area contributed by atoms with Gasteiger partial charge in [-0.05, 0) is 49.8 Å². The van der Waals surface area contributed by atoms with E-state index in [4.69, 9.17) is 9.72 Å². The molecular formula is C25H24N2O2S. The Morgan fingerprint density at radius 1 is 0.967 bits per heavy atom. The zero-order chi connectivity index (χ0) is 20.3. The van der Waals surface area contributed by atoms with Crippen molar-refractivity contribution in [3.8, 4) is 17.1 Å². The number of thiophene rings is 1. The molecule has 0 saturated carbocycles. The van der Waals surface area contributed by atoms with E-state index in [0.29, 0.717) is 13.2 Å². The van der Waals surface area contributed by atoms with E-state index in [-0.39, 0.29) is 5.56 Å². The van der Waals surface area contributed by atoms with Gasteiger partial charge in [0.1, 0.15) is 16.4 Å². The molecule has 1 aliphatic carbocycles. The molecule has 0 bridgehead atoms. The van der Waals surface area contributed by atoms with Crippen LogP contribution < -0.4 is 10.3 Å². The van der Waals surface area contributed by atoms with E-state index in [2.05, 4.69) is 0 Å². The monoisotopic (exact) mass is 416 g/mol. The Morgan fingerprint density at radius 3 is 2.50 bits per heavy atom. The van der Waals surface area contributed by atoms with Crippen molar-refractivity contribution >= 4 is 21.6 Å². The summed E-state index contributed by atoms with van der Waals surface area (Å²) >= 11 is 1.71. The maximum Gasteiger partial charge on any atom is 0.262 e. The highest BCUT2D eigenvalue weighted by atomic mass is 32.1. The van der Waals surface area contributed by atoms with Crippen LogP contribution in [0.1, 0.15) is 29.7 Å². The summed E-state index contributed by atoms with van der Waals surface area (Å²) in [5.74, 6) is 1.61. The lowest BCUT2D eigenvalue weighted by molar-refractivity contribution is 0.301. The summed E-state index contributed by atoms with van der Waals surface area (Å²) in [4.78, 5) is 20.8. The molecule has 5 rings (SSSR count). The van der Waals surface area contributed by atoms with Crippen molar-refractivity contribution in [1.29, 1.82) is 0 Å². The molecule has 4 aromatic rings. The molecule has 0 unspecified atom stereocenters. The first-order valence-corrected chi connectivity index (χ1v) is 11.4. The third-order valence-corrected chi connectivity index (χ3v) is 6.83. The lowest BCUT2D eigenvalue weighted by Crippen LogP contribution is -2.25. The molecule has 0 aliphatic heterocycles. The Kier molecular flexibility index (Phi) is 5.37. The molecule has 0 spiro atoms. The molecule has 0 fully saturated rings. The Labute approximate surface area is 179 Å². The first-order valence-electron chi connectivity index (χ1n) is 10.6. The maximum absolute atomic E-state index is 13.6. The van der Waals surface area contributed by atoms with Gasteiger partial charge >= 0.3 is 0 Å². The quantitative estimate of drug-likeness (QED) is 0.391. The number of hydrogen-bond acceptors (Lipinski definition) is 4. The van der Waals surface area contributed by atoms with Gasteiger partial charge in [-0.25, -0.2) is 4.98 Å². The number of aromatic nitrogens is 2. The summed E-state index contributed by atoms with van der Waals surface area (Å²) in [5, 5.41) is 0.846. The van der Waals surface area contributed by atoms with Crippen LogP contribution in [0.3, 0.4) is 0 Å². The third kappa shape index (κ3) is 3.65. The zero-order valence-electron chi connectivity index (χ0n) is 16.8. The molecule has 2 heterocycles. The highest BCUT2D eigenvalue weighted by Gasteiger charge is 2.22. The van der Waals surface area contributed by atoms with Gasteiger partial charge in [0, 0.05) is 17.0 Å². The van der Waals surface area contributed by atoms with Gasteiger partial charge in [0.15, 0.2) is 0 Å². The number of fused-ring (bicyclic) bond motifs is 3. The van der Waals surface area contributed by atoms with Crippen LogP contribution in [0.25, 0.3) is 21.6 Å². The van der Waals surface area contributed by atoms with Crippen molar-refractivity contribution in [2.75, 3.05) is 6.61 Å². The number of aryl methyl sites for hydroxylation is 2. The van der Waals surface area contributed by atoms with E-state index < -0.39 is 0 Å². The molecule has 0 N–H and O–H groups in total. The van der Waals surface area contributed by atoms with Gasteiger partial charge in [0.2, 0.25) is 0 Å². The molecule has 4 nitrogen and oxygen atoms in total. The van der Waals surface area contributed by atoms with Gasteiger partial charge in [-0.3, -0.25) is 9.36 Å². The number of rotatable bonds is 6. The Morgan fingerprint density at radius 2 is 1.70 bits per heavy atom. The third-order valence-electron chi connectivity index (χ3n) is 5.64. The van der Waals surface area contributed by atoms with Crippen LogP contribution in [0.4, 0.5) is 0 Å². The largest absolute Gasteiger partial charge is 0.494 e. The maximum atomic E-state index is 13.6. The summed E-state index contributed by atoms with van der Waals surface area (Å²) in [6.07, 6.45) is 5.17. The van der Waals surface area contributed by atoms with E-state index in [1.165, 1.54) is 16.9 Å². The van der Waals surface area contributed by atoms with Crippen molar-refractivity contribution in [3.05, 3.63) is 81.5 Å². The molecule has 0 atom stereocenters. The van der Waals surface area contributed by atoms with Crippen LogP contribution >= 0.6 is 11.3 Å². The topological polar surface area (TPSA) is 44.1 Å². The summed E-state index contributed by atoms with van der Waals surface area (Å²) < 4.78 is 7.70. The van der Waals surface area contributed by atoms with Gasteiger partial charge in [0.05, 0.1) is 12.0 Å². The Balaban J connectivity index is 1.51. The molecule has 152 valence electrons. The first kappa shape index (κ1) is 19.1. The average molecular weight is 417 g/mol. The molecule has 2 aromatic heterocycles. The lowest BCUT2D eigenvalue weighted by Gasteiger charge is -2.14. The number of hydrogen-bond donors (Lipinski definition) is 0. The first-order chi connectivity index (χ1) is 14.8. The van der Waals surface area contributed by atoms with Crippen LogP contribution in [-0.2, 0) is 19.4 Å². The lowest BCUT2D eigenvalue weighted by atomic mass is 9.97. The summed E-state index contributed by atoms with van der Waals surface area (Å²) in [6, 6.07) is 19.8. The number of nitrogens with zero attached hydrogens (tertiary/aromatic N) is 2. The predicted octanol–water partition coefficient (Wildman–Crippen LogP) is 5.47. The Hall–Kier alpha value is -2.92. The van der Waals surface area contributed by atoms with Crippen molar-refractivity contribution in [2.24, 2.45) is 0 Å². The molecule has 0 saturated heterocycles. The fraction of sp³-hybridized carbons (Fsp3) is 0.280. The molecule has 0 amide bonds. The standard InChI is InChI=1S/C25H24N2O2S/c28-25-22-20-14-7-8-15-21(20)30-24(22)26-23(18-10-3-1-4-11-18)27(25)16-9-17-29-19-12-5-2-6-13-19/h1-6,10-13H,7-9,14-17H2. The van der Waals surface area contributed by atoms with Crippen LogP contribution in [0, 0.1) is 0 Å². The second-order valence-electron chi connectivity index (χ2n) is 7.66. The van der Waals surface area contributed by atoms with Crippen LogP contribution in [-0.4, -0.2) is 16.2 Å². The van der Waals surface area contributed by atoms with Gasteiger partial charge in [-0.2, -0.15) is 0 Å². The molecule has 5 heteroatoms. The molecule has 2 aromatic carbocycles. The smallest absolute Gasteiger partial charge is 0.262 e. The number of ether oxygens (including phenoxy) is 1. The fourth-order valence-corrected chi connectivity index (χ4v) is 5.43. The van der Waals surface area contributed by atoms with Crippen LogP contribution in [0.2, 0.25) is 0 Å². The van der Waals surface area contributed by atoms with Crippen molar-refractivity contribution in [2.45, 2.75) is 38.6 Å². The van der Waals surface area contributed by atoms with Gasteiger partial charge < -0.3 is 4.74 Å². The van der Waals surface area contributed by atoms with Gasteiger partial charge in [-0.15, -0.1) is 11.3 Å². The molecule has 1 aliphatic rings. The number of benzene rings is 2. The minimum Gasteiger partial charge on any atom is -0.494 e. The normalized spacial score (nSPS) is 13.3. The van der Waals surface area contributed by atoms with Crippen molar-refractivity contribution < 1.29 is 4.74 Å². The van der Waals surface area contributed by atoms with Crippen molar-refractivity contribution in [3.63, 3.8) is 0 Å². The predicted molar refractivity (Wildman–Crippen MR) is 123 cm³/mol. The van der Waals surface area contributed by atoms with E-state index >= 15 is 0 Å². The summed E-state index contributed by atoms with van der Waals surface area (Å²) in [6.45, 7) is 1.15. The second-order valence-corrected chi connectivity index (χ2v) is 8.75. The second kappa shape index (κ2) is 8.44. The van der Waals surface area contributed by atoms with E-state index in [1.54, 1.807) is 11.3 Å². The van der Waals surface area contributed by atoms with Crippen LogP contribution in [0.15, 0.2) is 65.5 Å². The summed E-state index contributed by atoms with van der Waals surface area (Å²) in [7, 11) is 0. The van der Waals surface area contributed by atoms with Crippen LogP contribution in [0.5, 0.6) is 5.75 Å². The van der Waals surface area contributed by atoms with E-state index in [0.717, 1.165) is 53.0 Å². The van der Waals surface area contributed by atoms with Crippen molar-refractivity contribution in [1.82, 2.24) is 9.55 Å². The fourth-order valence-electron chi connectivity index (χ4n) is 4.18. The zero-order valence-corrected chi connectivity index (χ0v) is 17.7. The Bertz CT molecular complexity index is 1210. The minimum absolute atomic E-state index is 0.0953. The highest BCUT2D eigenvalue weighted by Crippen LogP contribution is 2.34. The molecule has 30 heavy (non-hydrogen) atoms. The van der Waals surface area contributed by atoms with E-state index in [9.17, 15) is 4.79 Å². The summed E-state index contributed by atoms with van der Waals surface area (Å²) in [5.41, 5.74) is 2.32. The van der Waals surface area contributed by atoms with Gasteiger partial charge in [0.25, 0.3) is 5.56 Å². The van der Waals surface area contributed by atoms with E-state index in [1.807, 2.05) is 65.2 Å². The SMILES string of the molecule is O=c1c2c3c(sc2nc(-c2ccccc2)n1CCCOc1ccccc1)CCCC3. The molecule has 0 radical (unpaired) electrons. The molecular weight excluding hydrogens is 392 g/mol.